The lowest BCUT2D eigenvalue weighted by molar-refractivity contribution is -0.892. The Bertz CT molecular complexity index is 811. The van der Waals surface area contributed by atoms with Gasteiger partial charge in [-0.2, -0.15) is 5.10 Å². The molecule has 1 aliphatic rings. The van der Waals surface area contributed by atoms with E-state index in [2.05, 4.69) is 41.3 Å². The van der Waals surface area contributed by atoms with Gasteiger partial charge < -0.3 is 15.1 Å². The minimum absolute atomic E-state index is 0.135. The van der Waals surface area contributed by atoms with Crippen LogP contribution in [-0.4, -0.2) is 55.0 Å². The Balaban J connectivity index is 1.36. The summed E-state index contributed by atoms with van der Waals surface area (Å²) < 4.78 is 2.00. The number of piperazine rings is 1. The molecule has 2 N–H and O–H groups in total. The topological polar surface area (TPSA) is 54.6 Å². The van der Waals surface area contributed by atoms with Gasteiger partial charge in [-0.3, -0.25) is 9.48 Å². The van der Waals surface area contributed by atoms with Gasteiger partial charge >= 0.3 is 0 Å². The van der Waals surface area contributed by atoms with Gasteiger partial charge in [0.05, 0.1) is 31.9 Å². The van der Waals surface area contributed by atoms with Crippen LogP contribution in [0.4, 0.5) is 5.69 Å². The molecule has 0 spiro atoms. The van der Waals surface area contributed by atoms with Crippen molar-refractivity contribution in [3.05, 3.63) is 46.2 Å². The summed E-state index contributed by atoms with van der Waals surface area (Å²) in [6, 6.07) is 8.11. The highest BCUT2D eigenvalue weighted by molar-refractivity contribution is 6.30. The summed E-state index contributed by atoms with van der Waals surface area (Å²) in [6.07, 6.45) is 0.894. The fourth-order valence-electron chi connectivity index (χ4n) is 3.81. The molecule has 0 saturated carbocycles. The van der Waals surface area contributed by atoms with Gasteiger partial charge in [-0.1, -0.05) is 17.7 Å². The zero-order chi connectivity index (χ0) is 20.1. The van der Waals surface area contributed by atoms with Gasteiger partial charge in [-0.05, 0) is 51.0 Å². The van der Waals surface area contributed by atoms with Crippen molar-refractivity contribution in [2.24, 2.45) is 0 Å². The number of hydrogen-bond acceptors (Lipinski definition) is 3. The van der Waals surface area contributed by atoms with Gasteiger partial charge in [0.25, 0.3) is 5.91 Å². The van der Waals surface area contributed by atoms with E-state index < -0.39 is 0 Å². The van der Waals surface area contributed by atoms with Gasteiger partial charge in [0.15, 0.2) is 6.54 Å². The highest BCUT2D eigenvalue weighted by atomic mass is 35.5. The minimum Gasteiger partial charge on any atom is -0.360 e. The molecule has 7 heteroatoms. The van der Waals surface area contributed by atoms with Gasteiger partial charge in [0.1, 0.15) is 0 Å². The first-order valence-corrected chi connectivity index (χ1v) is 10.4. The van der Waals surface area contributed by atoms with Crippen LogP contribution in [0, 0.1) is 20.8 Å². The molecule has 2 heterocycles. The summed E-state index contributed by atoms with van der Waals surface area (Å²) in [5.41, 5.74) is 4.66. The normalized spacial score (nSPS) is 15.1. The lowest BCUT2D eigenvalue weighted by atomic mass is 10.1. The highest BCUT2D eigenvalue weighted by Crippen LogP contribution is 2.24. The molecule has 1 aliphatic heterocycles. The number of quaternary nitrogens is 1. The smallest absolute Gasteiger partial charge is 0.275 e. The Morgan fingerprint density at radius 3 is 2.64 bits per heavy atom. The number of carbonyl (C=O) groups is 1. The quantitative estimate of drug-likeness (QED) is 0.685. The largest absolute Gasteiger partial charge is 0.360 e. The summed E-state index contributed by atoms with van der Waals surface area (Å²) in [7, 11) is 0. The summed E-state index contributed by atoms with van der Waals surface area (Å²) in [4.78, 5) is 16.0. The number of rotatable bonds is 7. The molecule has 0 bridgehead atoms. The van der Waals surface area contributed by atoms with Crippen molar-refractivity contribution in [3.8, 4) is 0 Å². The van der Waals surface area contributed by atoms with Crippen molar-refractivity contribution >= 4 is 23.2 Å². The fourth-order valence-corrected chi connectivity index (χ4v) is 3.98. The van der Waals surface area contributed by atoms with Gasteiger partial charge in [0.2, 0.25) is 0 Å². The molecule has 0 atom stereocenters. The van der Waals surface area contributed by atoms with E-state index in [0.29, 0.717) is 13.1 Å². The molecule has 3 rings (SSSR count). The van der Waals surface area contributed by atoms with E-state index in [9.17, 15) is 4.79 Å². The molecular formula is C21H31ClN5O+. The third-order valence-electron chi connectivity index (χ3n) is 5.37. The van der Waals surface area contributed by atoms with Crippen LogP contribution in [0.15, 0.2) is 24.3 Å². The van der Waals surface area contributed by atoms with Crippen molar-refractivity contribution in [1.82, 2.24) is 15.1 Å². The number of amides is 1. The predicted octanol–water partition coefficient (Wildman–Crippen LogP) is 1.37. The number of hydrogen-bond donors (Lipinski definition) is 2. The fraction of sp³-hybridized carbons (Fsp3) is 0.524. The van der Waals surface area contributed by atoms with Crippen LogP contribution in [0.3, 0.4) is 0 Å². The van der Waals surface area contributed by atoms with E-state index in [1.165, 1.54) is 21.8 Å². The van der Waals surface area contributed by atoms with Gasteiger partial charge in [-0.15, -0.1) is 0 Å². The summed E-state index contributed by atoms with van der Waals surface area (Å²) in [6.45, 7) is 12.1. The third kappa shape index (κ3) is 5.49. The average Bonchev–Trinajstić information content (AvgIpc) is 2.99. The molecule has 1 saturated heterocycles. The van der Waals surface area contributed by atoms with Crippen molar-refractivity contribution in [1.29, 1.82) is 0 Å². The zero-order valence-corrected chi connectivity index (χ0v) is 17.9. The lowest BCUT2D eigenvalue weighted by Gasteiger charge is -2.34. The van der Waals surface area contributed by atoms with Crippen LogP contribution in [0.1, 0.15) is 23.4 Å². The Hall–Kier alpha value is -2.05. The second-order valence-corrected chi connectivity index (χ2v) is 8.13. The van der Waals surface area contributed by atoms with E-state index in [0.717, 1.165) is 49.9 Å². The number of nitrogens with one attached hydrogen (secondary N) is 2. The average molecular weight is 405 g/mol. The molecule has 1 amide bonds. The van der Waals surface area contributed by atoms with E-state index in [1.54, 1.807) is 0 Å². The summed E-state index contributed by atoms with van der Waals surface area (Å²) in [5.74, 6) is 0.135. The summed E-state index contributed by atoms with van der Waals surface area (Å²) in [5, 5.41) is 8.28. The number of benzene rings is 1. The zero-order valence-electron chi connectivity index (χ0n) is 17.1. The Kier molecular flexibility index (Phi) is 6.97. The molecule has 1 fully saturated rings. The van der Waals surface area contributed by atoms with Crippen molar-refractivity contribution in [2.45, 2.75) is 33.7 Å². The molecule has 28 heavy (non-hydrogen) atoms. The Morgan fingerprint density at radius 1 is 1.21 bits per heavy atom. The molecule has 0 unspecified atom stereocenters. The van der Waals surface area contributed by atoms with Crippen LogP contribution >= 0.6 is 11.6 Å². The number of anilines is 1. The van der Waals surface area contributed by atoms with Crippen LogP contribution < -0.4 is 15.1 Å². The first kappa shape index (κ1) is 20.7. The third-order valence-corrected chi connectivity index (χ3v) is 5.60. The number of halogens is 1. The van der Waals surface area contributed by atoms with Gasteiger partial charge in [0, 0.05) is 29.5 Å². The maximum absolute atomic E-state index is 12.3. The van der Waals surface area contributed by atoms with E-state index in [4.69, 9.17) is 11.6 Å². The highest BCUT2D eigenvalue weighted by Gasteiger charge is 2.23. The molecule has 2 aromatic rings. The molecule has 0 radical (unpaired) electrons. The molecule has 6 nitrogen and oxygen atoms in total. The predicted molar refractivity (Wildman–Crippen MR) is 113 cm³/mol. The second kappa shape index (κ2) is 9.43. The van der Waals surface area contributed by atoms with Crippen LogP contribution in [0.2, 0.25) is 5.02 Å². The maximum atomic E-state index is 12.3. The van der Waals surface area contributed by atoms with E-state index in [-0.39, 0.29) is 5.91 Å². The first-order chi connectivity index (χ1) is 13.4. The second-order valence-electron chi connectivity index (χ2n) is 7.70. The number of nitrogens with zero attached hydrogens (tertiary/aromatic N) is 3. The van der Waals surface area contributed by atoms with Crippen molar-refractivity contribution in [3.63, 3.8) is 0 Å². The first-order valence-electron chi connectivity index (χ1n) is 10.0. The van der Waals surface area contributed by atoms with E-state index >= 15 is 0 Å². The Labute approximate surface area is 172 Å². The summed E-state index contributed by atoms with van der Waals surface area (Å²) >= 11 is 6.15. The SMILES string of the molecule is Cc1cc(C)n(CCCNC(=O)C[NH+]2CCN(c3cc(Cl)ccc3C)CC2)n1. The standard InChI is InChI=1S/C21H30ClN5O/c1-16-5-6-19(22)14-20(16)26-11-9-25(10-12-26)15-21(28)23-7-4-8-27-18(3)13-17(2)24-27/h5-6,13-14H,4,7-12,15H2,1-3H3,(H,23,28)/p+1. The monoisotopic (exact) mass is 404 g/mol. The molecule has 152 valence electrons. The lowest BCUT2D eigenvalue weighted by Crippen LogP contribution is -3.16. The van der Waals surface area contributed by atoms with Crippen molar-refractivity contribution < 1.29 is 9.69 Å². The number of aryl methyl sites for hydroxylation is 4. The van der Waals surface area contributed by atoms with Gasteiger partial charge in [-0.25, -0.2) is 0 Å². The molecular weight excluding hydrogens is 374 g/mol. The Morgan fingerprint density at radius 2 is 1.96 bits per heavy atom. The van der Waals surface area contributed by atoms with Crippen LogP contribution in [0.5, 0.6) is 0 Å². The van der Waals surface area contributed by atoms with Crippen LogP contribution in [-0.2, 0) is 11.3 Å². The molecule has 1 aromatic carbocycles. The number of aromatic nitrogens is 2. The van der Waals surface area contributed by atoms with Crippen molar-refractivity contribution in [2.75, 3.05) is 44.2 Å². The number of carbonyl (C=O) groups excluding carboxylic acids is 1. The maximum Gasteiger partial charge on any atom is 0.275 e. The molecule has 0 aliphatic carbocycles. The van der Waals surface area contributed by atoms with Crippen LogP contribution in [0.25, 0.3) is 0 Å². The van der Waals surface area contributed by atoms with E-state index in [1.807, 2.05) is 23.7 Å². The minimum atomic E-state index is 0.135. The molecule has 1 aromatic heterocycles.